The van der Waals surface area contributed by atoms with Gasteiger partial charge in [0.1, 0.15) is 0 Å². The van der Waals surface area contributed by atoms with Crippen LogP contribution >= 0.6 is 0 Å². The van der Waals surface area contributed by atoms with Gasteiger partial charge in [-0.25, -0.2) is 0 Å². The molecule has 160 valence electrons. The van der Waals surface area contributed by atoms with Crippen molar-refractivity contribution in [2.45, 2.75) is 46.0 Å². The number of hydrogen-bond acceptors (Lipinski definition) is 4. The van der Waals surface area contributed by atoms with Gasteiger partial charge in [0.2, 0.25) is 11.8 Å². The number of anilines is 1. The largest absolute Gasteiger partial charge is 0.339 e. The second-order valence-corrected chi connectivity index (χ2v) is 8.52. The van der Waals surface area contributed by atoms with Gasteiger partial charge in [-0.05, 0) is 50.9 Å². The lowest BCUT2D eigenvalue weighted by Crippen LogP contribution is -2.52. The predicted molar refractivity (Wildman–Crippen MR) is 117 cm³/mol. The molecule has 1 aromatic rings. The normalized spacial score (nSPS) is 19.4. The van der Waals surface area contributed by atoms with Crippen LogP contribution in [0.4, 0.5) is 5.69 Å². The minimum Gasteiger partial charge on any atom is -0.339 e. The second-order valence-electron chi connectivity index (χ2n) is 8.52. The van der Waals surface area contributed by atoms with E-state index in [0.29, 0.717) is 26.2 Å². The third-order valence-corrected chi connectivity index (χ3v) is 6.15. The molecule has 3 rings (SSSR count). The number of piperazine rings is 1. The number of hydrogen-bond donors (Lipinski definition) is 1. The Morgan fingerprint density at radius 2 is 1.34 bits per heavy atom. The highest BCUT2D eigenvalue weighted by atomic mass is 16.2. The van der Waals surface area contributed by atoms with E-state index in [-0.39, 0.29) is 11.8 Å². The number of carbonyl (C=O) groups is 2. The lowest BCUT2D eigenvalue weighted by atomic mass is 10.1. The minimum absolute atomic E-state index is 0.0165. The van der Waals surface area contributed by atoms with Crippen LogP contribution in [0.2, 0.25) is 0 Å². The Morgan fingerprint density at radius 3 is 1.97 bits per heavy atom. The van der Waals surface area contributed by atoms with Gasteiger partial charge in [0.05, 0.1) is 13.1 Å². The van der Waals surface area contributed by atoms with Gasteiger partial charge in [0, 0.05) is 31.9 Å². The molecule has 2 aliphatic rings. The minimum atomic E-state index is 0.0165. The van der Waals surface area contributed by atoms with Gasteiger partial charge in [0.25, 0.3) is 0 Å². The van der Waals surface area contributed by atoms with E-state index in [4.69, 9.17) is 0 Å². The van der Waals surface area contributed by atoms with Crippen LogP contribution in [-0.4, -0.2) is 78.9 Å². The van der Waals surface area contributed by atoms with Crippen molar-refractivity contribution in [3.63, 3.8) is 0 Å². The Hall–Kier alpha value is -1.92. The van der Waals surface area contributed by atoms with Crippen molar-refractivity contribution in [1.82, 2.24) is 14.7 Å². The molecule has 6 nitrogen and oxygen atoms in total. The number of amides is 2. The number of benzene rings is 1. The predicted octanol–water partition coefficient (Wildman–Crippen LogP) is 2.65. The quantitative estimate of drug-likeness (QED) is 0.826. The molecular formula is C23H36N4O2. The van der Waals surface area contributed by atoms with Crippen molar-refractivity contribution in [2.75, 3.05) is 57.7 Å². The van der Waals surface area contributed by atoms with Gasteiger partial charge in [-0.2, -0.15) is 0 Å². The first-order valence-corrected chi connectivity index (χ1v) is 11.1. The number of carbonyl (C=O) groups excluding carboxylic acids is 2. The van der Waals surface area contributed by atoms with Crippen molar-refractivity contribution in [3.8, 4) is 0 Å². The van der Waals surface area contributed by atoms with E-state index in [0.717, 1.165) is 43.0 Å². The lowest BCUT2D eigenvalue weighted by Gasteiger charge is -2.35. The van der Waals surface area contributed by atoms with Crippen LogP contribution in [-0.2, 0) is 9.59 Å². The summed E-state index contributed by atoms with van der Waals surface area (Å²) in [6, 6.07) is 6.03. The van der Waals surface area contributed by atoms with Crippen LogP contribution in [0.5, 0.6) is 0 Å². The lowest BCUT2D eigenvalue weighted by molar-refractivity contribution is -0.134. The molecule has 29 heavy (non-hydrogen) atoms. The van der Waals surface area contributed by atoms with Gasteiger partial charge in [-0.3, -0.25) is 19.4 Å². The van der Waals surface area contributed by atoms with Gasteiger partial charge in [0.15, 0.2) is 0 Å². The summed E-state index contributed by atoms with van der Waals surface area (Å²) in [5.74, 6) is 0.257. The van der Waals surface area contributed by atoms with E-state index in [2.05, 4.69) is 15.1 Å². The molecule has 0 unspecified atom stereocenters. The molecule has 0 atom stereocenters. The summed E-state index contributed by atoms with van der Waals surface area (Å²) in [5.41, 5.74) is 3.08. The molecule has 0 saturated carbocycles. The van der Waals surface area contributed by atoms with E-state index in [1.807, 2.05) is 36.9 Å². The molecule has 0 spiro atoms. The Balaban J connectivity index is 1.41. The first-order chi connectivity index (χ1) is 14.0. The van der Waals surface area contributed by atoms with Gasteiger partial charge in [-0.1, -0.05) is 37.5 Å². The van der Waals surface area contributed by atoms with E-state index < -0.39 is 0 Å². The van der Waals surface area contributed by atoms with Crippen LogP contribution < -0.4 is 5.32 Å². The van der Waals surface area contributed by atoms with Gasteiger partial charge < -0.3 is 10.2 Å². The number of nitrogens with one attached hydrogen (secondary N) is 1. The van der Waals surface area contributed by atoms with Crippen LogP contribution in [0.25, 0.3) is 0 Å². The molecule has 0 aliphatic carbocycles. The maximum Gasteiger partial charge on any atom is 0.238 e. The molecule has 2 fully saturated rings. The fourth-order valence-corrected chi connectivity index (χ4v) is 4.31. The zero-order valence-electron chi connectivity index (χ0n) is 18.1. The molecule has 0 aromatic heterocycles. The Bertz CT molecular complexity index is 670. The van der Waals surface area contributed by atoms with Crippen molar-refractivity contribution >= 4 is 17.5 Å². The van der Waals surface area contributed by atoms with Crippen molar-refractivity contribution in [2.24, 2.45) is 0 Å². The van der Waals surface area contributed by atoms with Crippen molar-refractivity contribution in [1.29, 1.82) is 0 Å². The summed E-state index contributed by atoms with van der Waals surface area (Å²) in [4.78, 5) is 31.6. The fourth-order valence-electron chi connectivity index (χ4n) is 4.31. The van der Waals surface area contributed by atoms with Gasteiger partial charge >= 0.3 is 0 Å². The third kappa shape index (κ3) is 6.54. The highest BCUT2D eigenvalue weighted by Gasteiger charge is 2.24. The summed E-state index contributed by atoms with van der Waals surface area (Å²) >= 11 is 0. The maximum atomic E-state index is 12.7. The van der Waals surface area contributed by atoms with Crippen LogP contribution in [0.1, 0.15) is 43.2 Å². The van der Waals surface area contributed by atoms with E-state index >= 15 is 0 Å². The Labute approximate surface area is 175 Å². The molecule has 2 amide bonds. The number of nitrogens with zero attached hydrogens (tertiary/aromatic N) is 3. The topological polar surface area (TPSA) is 55.9 Å². The number of aryl methyl sites for hydroxylation is 2. The number of para-hydroxylation sites is 1. The molecule has 6 heteroatoms. The van der Waals surface area contributed by atoms with E-state index in [9.17, 15) is 9.59 Å². The number of rotatable bonds is 5. The maximum absolute atomic E-state index is 12.7. The average Bonchev–Trinajstić information content (AvgIpc) is 2.67. The molecule has 2 aliphatic heterocycles. The highest BCUT2D eigenvalue weighted by molar-refractivity contribution is 5.93. The molecule has 1 aromatic carbocycles. The molecule has 1 N–H and O–H groups in total. The highest BCUT2D eigenvalue weighted by Crippen LogP contribution is 2.19. The summed E-state index contributed by atoms with van der Waals surface area (Å²) in [7, 11) is 0. The van der Waals surface area contributed by atoms with Crippen molar-refractivity contribution in [3.05, 3.63) is 29.3 Å². The monoisotopic (exact) mass is 400 g/mol. The average molecular weight is 401 g/mol. The summed E-state index contributed by atoms with van der Waals surface area (Å²) in [6.07, 6.45) is 6.31. The molecular weight excluding hydrogens is 364 g/mol. The Kier molecular flexibility index (Phi) is 8.07. The molecule has 2 heterocycles. The second kappa shape index (κ2) is 10.7. The van der Waals surface area contributed by atoms with E-state index in [1.165, 1.54) is 32.1 Å². The molecule has 0 radical (unpaired) electrons. The molecule has 2 saturated heterocycles. The standard InChI is InChI=1S/C23H36N4O2/c1-19-9-8-10-20(2)23(19)24-21(28)17-26-13-15-27(16-14-26)22(29)18-25-11-6-4-3-5-7-12-25/h8-10H,3-7,11-18H2,1-2H3,(H,24,28). The van der Waals surface area contributed by atoms with Crippen LogP contribution in [0.3, 0.4) is 0 Å². The van der Waals surface area contributed by atoms with E-state index in [1.54, 1.807) is 0 Å². The zero-order valence-corrected chi connectivity index (χ0v) is 18.1. The zero-order chi connectivity index (χ0) is 20.6. The fraction of sp³-hybridized carbons (Fsp3) is 0.652. The summed E-state index contributed by atoms with van der Waals surface area (Å²) in [6.45, 7) is 9.98. The van der Waals surface area contributed by atoms with Crippen LogP contribution in [0.15, 0.2) is 18.2 Å². The Morgan fingerprint density at radius 1 is 0.793 bits per heavy atom. The SMILES string of the molecule is Cc1cccc(C)c1NC(=O)CN1CCN(C(=O)CN2CCCCCCC2)CC1. The first-order valence-electron chi connectivity index (χ1n) is 11.1. The summed E-state index contributed by atoms with van der Waals surface area (Å²) < 4.78 is 0. The molecule has 0 bridgehead atoms. The third-order valence-electron chi connectivity index (χ3n) is 6.15. The summed E-state index contributed by atoms with van der Waals surface area (Å²) in [5, 5.41) is 3.06. The van der Waals surface area contributed by atoms with Crippen LogP contribution in [0, 0.1) is 13.8 Å². The number of likely N-dealkylation sites (tertiary alicyclic amines) is 1. The smallest absolute Gasteiger partial charge is 0.238 e. The first kappa shape index (κ1) is 21.8. The van der Waals surface area contributed by atoms with Crippen molar-refractivity contribution < 1.29 is 9.59 Å². The van der Waals surface area contributed by atoms with Gasteiger partial charge in [-0.15, -0.1) is 0 Å².